The molecule has 0 atom stereocenters. The Labute approximate surface area is 198 Å². The normalized spacial score (nSPS) is 11.7. The summed E-state index contributed by atoms with van der Waals surface area (Å²) in [6.07, 6.45) is 1.71. The van der Waals surface area contributed by atoms with Crippen molar-refractivity contribution in [2.75, 3.05) is 18.9 Å². The van der Waals surface area contributed by atoms with Crippen molar-refractivity contribution in [2.45, 2.75) is 24.7 Å². The van der Waals surface area contributed by atoms with Crippen LogP contribution in [0.3, 0.4) is 0 Å². The Kier molecular flexibility index (Phi) is 6.88. The highest BCUT2D eigenvalue weighted by Gasteiger charge is 2.20. The van der Waals surface area contributed by atoms with Crippen LogP contribution in [0.5, 0.6) is 0 Å². The number of carbonyl (C=O) groups is 1. The summed E-state index contributed by atoms with van der Waals surface area (Å²) in [5.74, 6) is -0.306. The van der Waals surface area contributed by atoms with Gasteiger partial charge in [-0.25, -0.2) is 17.7 Å². The van der Waals surface area contributed by atoms with Crippen LogP contribution < -0.4 is 5.32 Å². The molecule has 6 nitrogen and oxygen atoms in total. The zero-order chi connectivity index (χ0) is 23.4. The molecule has 0 saturated heterocycles. The lowest BCUT2D eigenvalue weighted by atomic mass is 10.2. The van der Waals surface area contributed by atoms with Gasteiger partial charge in [0.2, 0.25) is 10.0 Å². The van der Waals surface area contributed by atoms with Gasteiger partial charge in [0.05, 0.1) is 15.1 Å². The average molecular weight is 480 g/mol. The maximum absolute atomic E-state index is 12.8. The van der Waals surface area contributed by atoms with Gasteiger partial charge < -0.3 is 5.32 Å². The highest BCUT2D eigenvalue weighted by Crippen LogP contribution is 2.31. The molecule has 4 rings (SSSR count). The van der Waals surface area contributed by atoms with Gasteiger partial charge in [0.1, 0.15) is 5.01 Å². The minimum absolute atomic E-state index is 0.176. The van der Waals surface area contributed by atoms with Gasteiger partial charge >= 0.3 is 0 Å². The average Bonchev–Trinajstić information content (AvgIpc) is 3.27. The molecular weight excluding hydrogens is 454 g/mol. The number of rotatable bonds is 8. The summed E-state index contributed by atoms with van der Waals surface area (Å²) in [4.78, 5) is 17.6. The maximum atomic E-state index is 12.8. The Morgan fingerprint density at radius 1 is 1.03 bits per heavy atom. The van der Waals surface area contributed by atoms with Crippen LogP contribution in [-0.4, -0.2) is 37.2 Å². The maximum Gasteiger partial charge on any atom is 0.255 e. The molecule has 33 heavy (non-hydrogen) atoms. The number of para-hydroxylation sites is 1. The summed E-state index contributed by atoms with van der Waals surface area (Å²) >= 11 is 1.60. The topological polar surface area (TPSA) is 79.4 Å². The molecule has 0 bridgehead atoms. The van der Waals surface area contributed by atoms with Crippen LogP contribution >= 0.6 is 11.3 Å². The molecule has 1 amide bonds. The number of hydrogen-bond acceptors (Lipinski definition) is 5. The lowest BCUT2D eigenvalue weighted by Crippen LogP contribution is -2.28. The van der Waals surface area contributed by atoms with E-state index < -0.39 is 10.0 Å². The largest absolute Gasteiger partial charge is 0.322 e. The van der Waals surface area contributed by atoms with Gasteiger partial charge in [-0.1, -0.05) is 37.6 Å². The first-order valence-electron chi connectivity index (χ1n) is 10.7. The molecular formula is C25H25N3O3S2. The number of amides is 1. The van der Waals surface area contributed by atoms with Gasteiger partial charge in [-0.2, -0.15) is 0 Å². The number of nitrogens with zero attached hydrogens (tertiary/aromatic N) is 2. The first-order chi connectivity index (χ1) is 15.9. The minimum Gasteiger partial charge on any atom is -0.322 e. The third kappa shape index (κ3) is 5.13. The van der Waals surface area contributed by atoms with Crippen LogP contribution in [0, 0.1) is 0 Å². The zero-order valence-electron chi connectivity index (χ0n) is 18.5. The number of nitrogens with one attached hydrogen (secondary N) is 1. The molecule has 3 aromatic carbocycles. The number of benzene rings is 3. The smallest absolute Gasteiger partial charge is 0.255 e. The Morgan fingerprint density at radius 3 is 2.52 bits per heavy atom. The Balaban J connectivity index is 1.49. The van der Waals surface area contributed by atoms with E-state index in [1.165, 1.54) is 28.6 Å². The SMILES string of the molecule is CCCCN(C)S(=O)(=O)c1ccc(C(=O)Nc2cccc(-c3nc4ccccc4s3)c2)cc1. The van der Waals surface area contributed by atoms with Crippen molar-refractivity contribution in [3.8, 4) is 10.6 Å². The second kappa shape index (κ2) is 9.82. The summed E-state index contributed by atoms with van der Waals surface area (Å²) in [5, 5.41) is 3.77. The highest BCUT2D eigenvalue weighted by atomic mass is 32.2. The number of carbonyl (C=O) groups excluding carboxylic acids is 1. The van der Waals surface area contributed by atoms with E-state index in [9.17, 15) is 13.2 Å². The van der Waals surface area contributed by atoms with E-state index in [1.54, 1.807) is 18.4 Å². The Morgan fingerprint density at radius 2 is 1.79 bits per heavy atom. The second-order valence-electron chi connectivity index (χ2n) is 7.73. The number of unbranched alkanes of at least 4 members (excludes halogenated alkanes) is 1. The van der Waals surface area contributed by atoms with E-state index in [-0.39, 0.29) is 10.8 Å². The van der Waals surface area contributed by atoms with Crippen LogP contribution in [0.25, 0.3) is 20.8 Å². The molecule has 170 valence electrons. The summed E-state index contributed by atoms with van der Waals surface area (Å²) in [6, 6.07) is 21.5. The predicted octanol–water partition coefficient (Wildman–Crippen LogP) is 5.64. The van der Waals surface area contributed by atoms with Crippen molar-refractivity contribution in [1.29, 1.82) is 0 Å². The molecule has 8 heteroatoms. The van der Waals surface area contributed by atoms with Gasteiger partial charge in [-0.05, 0) is 55.0 Å². The monoisotopic (exact) mass is 479 g/mol. The minimum atomic E-state index is -3.56. The molecule has 0 saturated carbocycles. The highest BCUT2D eigenvalue weighted by molar-refractivity contribution is 7.89. The van der Waals surface area contributed by atoms with E-state index in [2.05, 4.69) is 10.3 Å². The van der Waals surface area contributed by atoms with E-state index in [0.717, 1.165) is 33.6 Å². The third-order valence-corrected chi connectivity index (χ3v) is 8.27. The molecule has 0 aliphatic rings. The summed E-state index contributed by atoms with van der Waals surface area (Å²) in [5.41, 5.74) is 2.90. The Bertz CT molecular complexity index is 1350. The van der Waals surface area contributed by atoms with Crippen molar-refractivity contribution in [1.82, 2.24) is 9.29 Å². The van der Waals surface area contributed by atoms with E-state index in [0.29, 0.717) is 17.8 Å². The third-order valence-electron chi connectivity index (χ3n) is 5.31. The van der Waals surface area contributed by atoms with Crippen LogP contribution in [0.1, 0.15) is 30.1 Å². The van der Waals surface area contributed by atoms with Gasteiger partial charge in [0.25, 0.3) is 5.91 Å². The summed E-state index contributed by atoms with van der Waals surface area (Å²) < 4.78 is 27.8. The van der Waals surface area contributed by atoms with Gasteiger partial charge in [0.15, 0.2) is 0 Å². The lowest BCUT2D eigenvalue weighted by molar-refractivity contribution is 0.102. The molecule has 1 N–H and O–H groups in total. The quantitative estimate of drug-likeness (QED) is 0.355. The number of anilines is 1. The molecule has 1 heterocycles. The zero-order valence-corrected chi connectivity index (χ0v) is 20.1. The molecule has 0 unspecified atom stereocenters. The van der Waals surface area contributed by atoms with E-state index in [4.69, 9.17) is 0 Å². The standard InChI is InChI=1S/C25H25N3O3S2/c1-3-4-16-28(2)33(30,31)21-14-12-18(13-15-21)24(29)26-20-9-7-8-19(17-20)25-27-22-10-5-6-11-23(22)32-25/h5-15,17H,3-4,16H2,1-2H3,(H,26,29). The number of hydrogen-bond donors (Lipinski definition) is 1. The fourth-order valence-electron chi connectivity index (χ4n) is 3.39. The first kappa shape index (κ1) is 23.1. The van der Waals surface area contributed by atoms with Crippen LogP contribution in [0.15, 0.2) is 77.7 Å². The van der Waals surface area contributed by atoms with Crippen molar-refractivity contribution in [2.24, 2.45) is 0 Å². The van der Waals surface area contributed by atoms with Crippen LogP contribution in [0.4, 0.5) is 5.69 Å². The lowest BCUT2D eigenvalue weighted by Gasteiger charge is -2.17. The predicted molar refractivity (Wildman–Crippen MR) is 134 cm³/mol. The molecule has 0 aliphatic carbocycles. The number of sulfonamides is 1. The number of aromatic nitrogens is 1. The molecule has 0 radical (unpaired) electrons. The fourth-order valence-corrected chi connectivity index (χ4v) is 5.56. The molecule has 1 aromatic heterocycles. The Hall–Kier alpha value is -3.07. The number of fused-ring (bicyclic) bond motifs is 1. The fraction of sp³-hybridized carbons (Fsp3) is 0.200. The van der Waals surface area contributed by atoms with Gasteiger partial charge in [-0.15, -0.1) is 11.3 Å². The molecule has 4 aromatic rings. The van der Waals surface area contributed by atoms with Crippen LogP contribution in [0.2, 0.25) is 0 Å². The van der Waals surface area contributed by atoms with Crippen molar-refractivity contribution >= 4 is 43.2 Å². The van der Waals surface area contributed by atoms with Gasteiger partial charge in [-0.3, -0.25) is 4.79 Å². The van der Waals surface area contributed by atoms with Crippen molar-refractivity contribution in [3.05, 3.63) is 78.4 Å². The van der Waals surface area contributed by atoms with Crippen molar-refractivity contribution < 1.29 is 13.2 Å². The summed E-state index contributed by atoms with van der Waals surface area (Å²) in [7, 11) is -1.99. The van der Waals surface area contributed by atoms with E-state index >= 15 is 0 Å². The van der Waals surface area contributed by atoms with E-state index in [1.807, 2.05) is 55.5 Å². The molecule has 0 spiro atoms. The second-order valence-corrected chi connectivity index (χ2v) is 10.8. The summed E-state index contributed by atoms with van der Waals surface area (Å²) in [6.45, 7) is 2.48. The van der Waals surface area contributed by atoms with Gasteiger partial charge in [0, 0.05) is 30.4 Å². The molecule has 0 aliphatic heterocycles. The first-order valence-corrected chi connectivity index (χ1v) is 13.0. The van der Waals surface area contributed by atoms with Crippen LogP contribution in [-0.2, 0) is 10.0 Å². The van der Waals surface area contributed by atoms with Crippen molar-refractivity contribution in [3.63, 3.8) is 0 Å². The molecule has 0 fully saturated rings. The number of thiazole rings is 1.